The molecular formula is C18H19BrClN3O2. The van der Waals surface area contributed by atoms with E-state index < -0.39 is 0 Å². The van der Waals surface area contributed by atoms with Crippen LogP contribution in [0.25, 0.3) is 0 Å². The molecule has 7 heteroatoms. The van der Waals surface area contributed by atoms with Gasteiger partial charge in [-0.1, -0.05) is 23.7 Å². The maximum atomic E-state index is 12.6. The van der Waals surface area contributed by atoms with Gasteiger partial charge in [-0.2, -0.15) is 0 Å². The average molecular weight is 425 g/mol. The Hall–Kier alpha value is -1.63. The summed E-state index contributed by atoms with van der Waals surface area (Å²) in [6.45, 7) is 3.85. The molecule has 1 amide bonds. The zero-order valence-corrected chi connectivity index (χ0v) is 16.3. The minimum Gasteiger partial charge on any atom is -0.378 e. The van der Waals surface area contributed by atoms with Crippen LogP contribution in [0.4, 0.5) is 5.69 Å². The van der Waals surface area contributed by atoms with E-state index in [1.807, 2.05) is 0 Å². The molecule has 5 nitrogen and oxygen atoms in total. The maximum absolute atomic E-state index is 12.6. The molecule has 2 aromatic rings. The van der Waals surface area contributed by atoms with E-state index in [1.54, 1.807) is 24.2 Å². The Morgan fingerprint density at radius 2 is 2.00 bits per heavy atom. The topological polar surface area (TPSA) is 45.7 Å². The van der Waals surface area contributed by atoms with Crippen LogP contribution in [0.3, 0.4) is 0 Å². The quantitative estimate of drug-likeness (QED) is 0.704. The van der Waals surface area contributed by atoms with Crippen molar-refractivity contribution in [1.82, 2.24) is 9.88 Å². The molecule has 1 aromatic heterocycles. The molecule has 3 rings (SSSR count). The van der Waals surface area contributed by atoms with Crippen LogP contribution in [0.2, 0.25) is 5.15 Å². The van der Waals surface area contributed by atoms with Crippen LogP contribution in [0.5, 0.6) is 0 Å². The SMILES string of the molecule is CN(Cc1ccc(N2CCOCC2)cc1)C(=O)c1cc(Br)cnc1Cl. The Labute approximate surface area is 160 Å². The Morgan fingerprint density at radius 1 is 1.32 bits per heavy atom. The number of ether oxygens (including phenoxy) is 1. The molecule has 2 heterocycles. The van der Waals surface area contributed by atoms with E-state index in [9.17, 15) is 4.79 Å². The number of pyridine rings is 1. The van der Waals surface area contributed by atoms with Gasteiger partial charge in [-0.05, 0) is 39.7 Å². The first-order valence-electron chi connectivity index (χ1n) is 8.03. The lowest BCUT2D eigenvalue weighted by molar-refractivity contribution is 0.0784. The number of aromatic nitrogens is 1. The standard InChI is InChI=1S/C18H19BrClN3O2/c1-22(18(24)16-10-14(19)11-21-17(16)20)12-13-2-4-15(5-3-13)23-6-8-25-9-7-23/h2-5,10-11H,6-9,12H2,1H3. The predicted octanol–water partition coefficient (Wildman–Crippen LogP) is 3.61. The number of carbonyl (C=O) groups excluding carboxylic acids is 1. The fourth-order valence-electron chi connectivity index (χ4n) is 2.76. The third kappa shape index (κ3) is 4.51. The summed E-state index contributed by atoms with van der Waals surface area (Å²) in [7, 11) is 1.76. The van der Waals surface area contributed by atoms with Gasteiger partial charge in [0.05, 0.1) is 18.8 Å². The molecular weight excluding hydrogens is 406 g/mol. The van der Waals surface area contributed by atoms with Gasteiger partial charge in [0.1, 0.15) is 5.15 Å². The van der Waals surface area contributed by atoms with Gasteiger partial charge in [0.2, 0.25) is 0 Å². The highest BCUT2D eigenvalue weighted by Gasteiger charge is 2.17. The van der Waals surface area contributed by atoms with Crippen LogP contribution in [-0.2, 0) is 11.3 Å². The van der Waals surface area contributed by atoms with Gasteiger partial charge in [0.25, 0.3) is 5.91 Å². The second kappa shape index (κ2) is 8.17. The van der Waals surface area contributed by atoms with Gasteiger partial charge in [0, 0.05) is 43.0 Å². The van der Waals surface area contributed by atoms with E-state index in [1.165, 1.54) is 5.69 Å². The number of halogens is 2. The minimum absolute atomic E-state index is 0.156. The van der Waals surface area contributed by atoms with Crippen molar-refractivity contribution in [2.75, 3.05) is 38.3 Å². The fraction of sp³-hybridized carbons (Fsp3) is 0.333. The fourth-order valence-corrected chi connectivity index (χ4v) is 3.27. The number of benzene rings is 1. The molecule has 1 aliphatic heterocycles. The third-order valence-electron chi connectivity index (χ3n) is 4.12. The third-order valence-corrected chi connectivity index (χ3v) is 4.85. The molecule has 0 spiro atoms. The molecule has 0 N–H and O–H groups in total. The zero-order valence-electron chi connectivity index (χ0n) is 13.9. The lowest BCUT2D eigenvalue weighted by atomic mass is 10.1. The molecule has 1 aromatic carbocycles. The number of nitrogens with zero attached hydrogens (tertiary/aromatic N) is 3. The predicted molar refractivity (Wildman–Crippen MR) is 102 cm³/mol. The van der Waals surface area contributed by atoms with Gasteiger partial charge < -0.3 is 14.5 Å². The average Bonchev–Trinajstić information content (AvgIpc) is 2.64. The Balaban J connectivity index is 1.67. The summed E-state index contributed by atoms with van der Waals surface area (Å²) in [5.41, 5.74) is 2.63. The van der Waals surface area contributed by atoms with Crippen molar-refractivity contribution in [3.63, 3.8) is 0 Å². The number of rotatable bonds is 4. The molecule has 1 aliphatic rings. The summed E-state index contributed by atoms with van der Waals surface area (Å²) in [5, 5.41) is 0.211. The van der Waals surface area contributed by atoms with Crippen molar-refractivity contribution in [3.8, 4) is 0 Å². The molecule has 0 saturated carbocycles. The van der Waals surface area contributed by atoms with Crippen LogP contribution in [0, 0.1) is 0 Å². The van der Waals surface area contributed by atoms with E-state index in [0.717, 1.165) is 36.3 Å². The van der Waals surface area contributed by atoms with E-state index in [-0.39, 0.29) is 11.1 Å². The van der Waals surface area contributed by atoms with E-state index in [0.29, 0.717) is 12.1 Å². The van der Waals surface area contributed by atoms with Gasteiger partial charge in [0.15, 0.2) is 0 Å². The first kappa shape index (κ1) is 18.2. The number of anilines is 1. The summed E-state index contributed by atoms with van der Waals surface area (Å²) in [6, 6.07) is 9.97. The van der Waals surface area contributed by atoms with Crippen molar-refractivity contribution in [2.45, 2.75) is 6.54 Å². The van der Waals surface area contributed by atoms with Crippen LogP contribution in [0.15, 0.2) is 41.0 Å². The molecule has 25 heavy (non-hydrogen) atoms. The first-order chi connectivity index (χ1) is 12.0. The van der Waals surface area contributed by atoms with Crippen molar-refractivity contribution in [3.05, 3.63) is 57.3 Å². The number of carbonyl (C=O) groups is 1. The summed E-state index contributed by atoms with van der Waals surface area (Å²) in [6.07, 6.45) is 1.57. The molecule has 0 unspecified atom stereocenters. The molecule has 0 radical (unpaired) electrons. The summed E-state index contributed by atoms with van der Waals surface area (Å²) in [4.78, 5) is 20.5. The minimum atomic E-state index is -0.156. The highest BCUT2D eigenvalue weighted by molar-refractivity contribution is 9.10. The molecule has 1 fully saturated rings. The van der Waals surface area contributed by atoms with Gasteiger partial charge >= 0.3 is 0 Å². The monoisotopic (exact) mass is 423 g/mol. The Kier molecular flexibility index (Phi) is 5.93. The van der Waals surface area contributed by atoms with E-state index in [4.69, 9.17) is 16.3 Å². The molecule has 1 saturated heterocycles. The first-order valence-corrected chi connectivity index (χ1v) is 9.20. The largest absolute Gasteiger partial charge is 0.378 e. The zero-order chi connectivity index (χ0) is 17.8. The second-order valence-corrected chi connectivity index (χ2v) is 7.19. The summed E-state index contributed by atoms with van der Waals surface area (Å²) >= 11 is 9.37. The van der Waals surface area contributed by atoms with Gasteiger partial charge in [-0.25, -0.2) is 4.98 Å². The number of hydrogen-bond donors (Lipinski definition) is 0. The van der Waals surface area contributed by atoms with Gasteiger partial charge in [-0.15, -0.1) is 0 Å². The number of morpholine rings is 1. The summed E-state index contributed by atoms with van der Waals surface area (Å²) < 4.78 is 6.10. The Morgan fingerprint density at radius 3 is 2.68 bits per heavy atom. The molecule has 0 bridgehead atoms. The second-order valence-electron chi connectivity index (χ2n) is 5.92. The Bertz CT molecular complexity index is 748. The maximum Gasteiger partial charge on any atom is 0.257 e. The van der Waals surface area contributed by atoms with Crippen molar-refractivity contribution in [2.24, 2.45) is 0 Å². The molecule has 132 valence electrons. The van der Waals surface area contributed by atoms with Crippen molar-refractivity contribution in [1.29, 1.82) is 0 Å². The normalized spacial score (nSPS) is 14.4. The lowest BCUT2D eigenvalue weighted by Crippen LogP contribution is -2.36. The number of hydrogen-bond acceptors (Lipinski definition) is 4. The highest BCUT2D eigenvalue weighted by Crippen LogP contribution is 2.21. The van der Waals surface area contributed by atoms with Crippen LogP contribution >= 0.6 is 27.5 Å². The van der Waals surface area contributed by atoms with Crippen LogP contribution in [0.1, 0.15) is 15.9 Å². The van der Waals surface area contributed by atoms with Crippen LogP contribution < -0.4 is 4.90 Å². The van der Waals surface area contributed by atoms with E-state index in [2.05, 4.69) is 50.1 Å². The number of amides is 1. The molecule has 0 aliphatic carbocycles. The highest BCUT2D eigenvalue weighted by atomic mass is 79.9. The summed E-state index contributed by atoms with van der Waals surface area (Å²) in [5.74, 6) is -0.156. The lowest BCUT2D eigenvalue weighted by Gasteiger charge is -2.29. The van der Waals surface area contributed by atoms with E-state index >= 15 is 0 Å². The van der Waals surface area contributed by atoms with Crippen molar-refractivity contribution < 1.29 is 9.53 Å². The molecule has 0 atom stereocenters. The van der Waals surface area contributed by atoms with Crippen molar-refractivity contribution >= 4 is 39.1 Å². The van der Waals surface area contributed by atoms with Crippen LogP contribution in [-0.4, -0.2) is 49.1 Å². The van der Waals surface area contributed by atoms with Gasteiger partial charge in [-0.3, -0.25) is 4.79 Å². The smallest absolute Gasteiger partial charge is 0.257 e.